The first kappa shape index (κ1) is 16.4. The van der Waals surface area contributed by atoms with E-state index in [0.717, 1.165) is 19.3 Å². The Morgan fingerprint density at radius 2 is 1.92 bits per heavy atom. The Morgan fingerprint density at radius 1 is 1.15 bits per heavy atom. The van der Waals surface area contributed by atoms with Gasteiger partial charge in [0.15, 0.2) is 5.65 Å². The van der Waals surface area contributed by atoms with Crippen molar-refractivity contribution in [2.75, 3.05) is 39.0 Å². The number of amides is 1. The Bertz CT molecular complexity index is 978. The second kappa shape index (κ2) is 6.34. The molecule has 0 bridgehead atoms. The van der Waals surface area contributed by atoms with Crippen molar-refractivity contribution in [3.63, 3.8) is 0 Å². The Balaban J connectivity index is 1.76. The Kier molecular flexibility index (Phi) is 4.00. The maximum absolute atomic E-state index is 13.5. The summed E-state index contributed by atoms with van der Waals surface area (Å²) in [5.74, 6) is -0.286. The van der Waals surface area contributed by atoms with E-state index in [1.807, 2.05) is 7.05 Å². The summed E-state index contributed by atoms with van der Waals surface area (Å²) in [5, 5.41) is 4.18. The van der Waals surface area contributed by atoms with Gasteiger partial charge in [-0.3, -0.25) is 9.78 Å². The van der Waals surface area contributed by atoms with Crippen molar-refractivity contribution in [2.24, 2.45) is 0 Å². The van der Waals surface area contributed by atoms with Crippen LogP contribution in [0.5, 0.6) is 0 Å². The first-order valence-electron chi connectivity index (χ1n) is 8.26. The summed E-state index contributed by atoms with van der Waals surface area (Å²) in [4.78, 5) is 25.2. The molecule has 1 fully saturated rings. The summed E-state index contributed by atoms with van der Waals surface area (Å²) in [6, 6.07) is 2.91. The van der Waals surface area contributed by atoms with Gasteiger partial charge in [-0.05, 0) is 13.1 Å². The Hall–Kier alpha value is -3.07. The van der Waals surface area contributed by atoms with Crippen molar-refractivity contribution < 1.29 is 9.18 Å². The number of hydrogen-bond acceptors (Lipinski definition) is 6. The molecule has 0 aliphatic carbocycles. The summed E-state index contributed by atoms with van der Waals surface area (Å²) >= 11 is 0. The van der Waals surface area contributed by atoms with Crippen LogP contribution in [0.3, 0.4) is 0 Å². The van der Waals surface area contributed by atoms with Crippen LogP contribution in [0.1, 0.15) is 10.4 Å². The first-order chi connectivity index (χ1) is 12.5. The molecule has 0 atom stereocenters. The maximum atomic E-state index is 13.5. The van der Waals surface area contributed by atoms with E-state index in [1.165, 1.54) is 23.0 Å². The van der Waals surface area contributed by atoms with E-state index in [-0.39, 0.29) is 5.91 Å². The molecular weight excluding hydrogens is 337 g/mol. The molecule has 0 spiro atoms. The van der Waals surface area contributed by atoms with Gasteiger partial charge in [-0.2, -0.15) is 9.61 Å². The molecule has 0 radical (unpaired) electrons. The number of fused-ring (bicyclic) bond motifs is 1. The van der Waals surface area contributed by atoms with Crippen molar-refractivity contribution in [3.05, 3.63) is 42.1 Å². The molecule has 1 amide bonds. The number of piperazine rings is 1. The van der Waals surface area contributed by atoms with Gasteiger partial charge in [0.2, 0.25) is 0 Å². The standard InChI is InChI=1S/C17H18FN7O/c1-23-2-4-24(5-3-23)17(26)13-10-21-25-15(19)7-14(22-16(13)25)11-6-12(18)9-20-8-11/h6-10H,2-5,19H2,1H3. The lowest BCUT2D eigenvalue weighted by atomic mass is 10.2. The summed E-state index contributed by atoms with van der Waals surface area (Å²) in [6.07, 6.45) is 4.10. The minimum absolute atomic E-state index is 0.130. The number of nitrogens with zero attached hydrogens (tertiary/aromatic N) is 6. The SMILES string of the molecule is CN1CCN(C(=O)c2cnn3c(N)cc(-c4cncc(F)c4)nc23)CC1. The number of aromatic nitrogens is 4. The average Bonchev–Trinajstić information content (AvgIpc) is 3.06. The van der Waals surface area contributed by atoms with Crippen LogP contribution < -0.4 is 5.73 Å². The second-order valence-electron chi connectivity index (χ2n) is 6.35. The molecule has 8 nitrogen and oxygen atoms in total. The Morgan fingerprint density at radius 3 is 2.65 bits per heavy atom. The van der Waals surface area contributed by atoms with E-state index in [2.05, 4.69) is 20.0 Å². The van der Waals surface area contributed by atoms with Crippen molar-refractivity contribution >= 4 is 17.4 Å². The number of likely N-dealkylation sites (N-methyl/N-ethyl adjacent to an activating group) is 1. The van der Waals surface area contributed by atoms with Crippen molar-refractivity contribution in [2.45, 2.75) is 0 Å². The number of carbonyl (C=O) groups is 1. The number of carbonyl (C=O) groups excluding carboxylic acids is 1. The highest BCUT2D eigenvalue weighted by atomic mass is 19.1. The second-order valence-corrected chi connectivity index (χ2v) is 6.35. The molecule has 4 heterocycles. The van der Waals surface area contributed by atoms with E-state index in [1.54, 1.807) is 11.0 Å². The molecule has 1 saturated heterocycles. The summed E-state index contributed by atoms with van der Waals surface area (Å²) in [5.41, 5.74) is 7.72. The third-order valence-corrected chi connectivity index (χ3v) is 4.52. The normalized spacial score (nSPS) is 15.5. The van der Waals surface area contributed by atoms with Gasteiger partial charge in [-0.25, -0.2) is 9.37 Å². The third-order valence-electron chi connectivity index (χ3n) is 4.52. The molecule has 1 aliphatic heterocycles. The lowest BCUT2D eigenvalue weighted by Gasteiger charge is -2.32. The highest BCUT2D eigenvalue weighted by Gasteiger charge is 2.24. The van der Waals surface area contributed by atoms with Crippen LogP contribution in [0.15, 0.2) is 30.7 Å². The topological polar surface area (TPSA) is 92.6 Å². The number of nitrogens with two attached hydrogens (primary N) is 1. The van der Waals surface area contributed by atoms with Crippen LogP contribution >= 0.6 is 0 Å². The molecule has 0 aromatic carbocycles. The summed E-state index contributed by atoms with van der Waals surface area (Å²) in [7, 11) is 2.03. The molecule has 2 N–H and O–H groups in total. The van der Waals surface area contributed by atoms with Crippen LogP contribution in [0.2, 0.25) is 0 Å². The highest BCUT2D eigenvalue weighted by Crippen LogP contribution is 2.23. The molecule has 1 aliphatic rings. The van der Waals surface area contributed by atoms with E-state index >= 15 is 0 Å². The van der Waals surface area contributed by atoms with Crippen LogP contribution in [-0.4, -0.2) is 68.5 Å². The Labute approximate surface area is 149 Å². The van der Waals surface area contributed by atoms with Gasteiger partial charge in [-0.1, -0.05) is 0 Å². The van der Waals surface area contributed by atoms with E-state index in [0.29, 0.717) is 41.4 Å². The number of hydrogen-bond donors (Lipinski definition) is 1. The fourth-order valence-corrected chi connectivity index (χ4v) is 3.02. The van der Waals surface area contributed by atoms with Crippen molar-refractivity contribution in [3.8, 4) is 11.3 Å². The van der Waals surface area contributed by atoms with Gasteiger partial charge in [0.05, 0.1) is 18.1 Å². The van der Waals surface area contributed by atoms with E-state index in [4.69, 9.17) is 5.73 Å². The quantitative estimate of drug-likeness (QED) is 0.734. The van der Waals surface area contributed by atoms with Crippen LogP contribution in [0.4, 0.5) is 10.2 Å². The van der Waals surface area contributed by atoms with E-state index < -0.39 is 5.82 Å². The van der Waals surface area contributed by atoms with Crippen LogP contribution in [-0.2, 0) is 0 Å². The van der Waals surface area contributed by atoms with Gasteiger partial charge in [0.25, 0.3) is 5.91 Å². The average molecular weight is 355 g/mol. The highest BCUT2D eigenvalue weighted by molar-refractivity contribution is 6.00. The molecule has 3 aromatic heterocycles. The monoisotopic (exact) mass is 355 g/mol. The molecule has 4 rings (SSSR count). The molecule has 9 heteroatoms. The first-order valence-corrected chi connectivity index (χ1v) is 8.26. The van der Waals surface area contributed by atoms with E-state index in [9.17, 15) is 9.18 Å². The minimum atomic E-state index is -0.468. The molecule has 0 saturated carbocycles. The molecule has 3 aromatic rings. The van der Waals surface area contributed by atoms with Gasteiger partial charge >= 0.3 is 0 Å². The van der Waals surface area contributed by atoms with Crippen LogP contribution in [0.25, 0.3) is 16.9 Å². The van der Waals surface area contributed by atoms with Gasteiger partial charge < -0.3 is 15.5 Å². The zero-order valence-electron chi connectivity index (χ0n) is 14.3. The maximum Gasteiger partial charge on any atom is 0.259 e. The van der Waals surface area contributed by atoms with Gasteiger partial charge in [0.1, 0.15) is 17.2 Å². The zero-order chi connectivity index (χ0) is 18.3. The number of nitrogen functional groups attached to an aromatic ring is 1. The fourth-order valence-electron chi connectivity index (χ4n) is 3.02. The molecule has 26 heavy (non-hydrogen) atoms. The third kappa shape index (κ3) is 2.86. The molecule has 134 valence electrons. The predicted octanol–water partition coefficient (Wildman–Crippen LogP) is 0.900. The van der Waals surface area contributed by atoms with Crippen molar-refractivity contribution in [1.29, 1.82) is 0 Å². The fraction of sp³-hybridized carbons (Fsp3) is 0.294. The summed E-state index contributed by atoms with van der Waals surface area (Å²) < 4.78 is 14.9. The predicted molar refractivity (Wildman–Crippen MR) is 94.0 cm³/mol. The number of anilines is 1. The zero-order valence-corrected chi connectivity index (χ0v) is 14.3. The molecular formula is C17H18FN7O. The van der Waals surface area contributed by atoms with Crippen molar-refractivity contribution in [1.82, 2.24) is 29.4 Å². The van der Waals surface area contributed by atoms with Crippen LogP contribution in [0, 0.1) is 5.82 Å². The largest absolute Gasteiger partial charge is 0.384 e. The van der Waals surface area contributed by atoms with Gasteiger partial charge in [-0.15, -0.1) is 0 Å². The van der Waals surface area contributed by atoms with Gasteiger partial charge in [0, 0.05) is 44.0 Å². The lowest BCUT2D eigenvalue weighted by Crippen LogP contribution is -2.47. The number of pyridine rings is 1. The lowest BCUT2D eigenvalue weighted by molar-refractivity contribution is 0.0666. The molecule has 0 unspecified atom stereocenters. The smallest absolute Gasteiger partial charge is 0.259 e. The minimum Gasteiger partial charge on any atom is -0.384 e. The number of rotatable bonds is 2. The number of halogens is 1. The summed E-state index contributed by atoms with van der Waals surface area (Å²) in [6.45, 7) is 2.94.